The van der Waals surface area contributed by atoms with Gasteiger partial charge in [-0.15, -0.1) is 0 Å². The first-order chi connectivity index (χ1) is 12.9. The Morgan fingerprint density at radius 3 is 2.59 bits per heavy atom. The maximum absolute atomic E-state index is 12.7. The predicted molar refractivity (Wildman–Crippen MR) is 111 cm³/mol. The second kappa shape index (κ2) is 8.24. The summed E-state index contributed by atoms with van der Waals surface area (Å²) >= 11 is 6.07. The van der Waals surface area contributed by atoms with Crippen molar-refractivity contribution in [3.05, 3.63) is 82.6 Å². The smallest absolute Gasteiger partial charge is 0.178 e. The van der Waals surface area contributed by atoms with E-state index < -0.39 is 9.84 Å². The molecule has 0 N–H and O–H groups in total. The SMILES string of the molecule is Cc1cnccc1-c1cccc(CCCS(=O)(=O)c2cccc(Cl)c2C)c1. The van der Waals surface area contributed by atoms with Gasteiger partial charge in [0.25, 0.3) is 0 Å². The molecule has 0 saturated heterocycles. The summed E-state index contributed by atoms with van der Waals surface area (Å²) in [5.41, 5.74) is 5.14. The van der Waals surface area contributed by atoms with Crippen LogP contribution in [0.1, 0.15) is 23.1 Å². The molecule has 0 spiro atoms. The second-order valence-corrected chi connectivity index (χ2v) is 9.16. The van der Waals surface area contributed by atoms with Gasteiger partial charge >= 0.3 is 0 Å². The monoisotopic (exact) mass is 399 g/mol. The molecule has 0 aliphatic carbocycles. The normalized spacial score (nSPS) is 11.5. The Morgan fingerprint density at radius 1 is 1.04 bits per heavy atom. The fraction of sp³-hybridized carbons (Fsp3) is 0.227. The maximum atomic E-state index is 12.7. The van der Waals surface area contributed by atoms with E-state index in [0.717, 1.165) is 22.3 Å². The van der Waals surface area contributed by atoms with Crippen molar-refractivity contribution < 1.29 is 8.42 Å². The molecule has 1 aromatic heterocycles. The Kier molecular flexibility index (Phi) is 5.98. The number of pyridine rings is 1. The predicted octanol–water partition coefficient (Wildman–Crippen LogP) is 5.43. The van der Waals surface area contributed by atoms with Crippen LogP contribution in [-0.4, -0.2) is 19.2 Å². The van der Waals surface area contributed by atoms with Crippen molar-refractivity contribution in [2.45, 2.75) is 31.6 Å². The lowest BCUT2D eigenvalue weighted by Gasteiger charge is -2.10. The third-order valence-electron chi connectivity index (χ3n) is 4.69. The highest BCUT2D eigenvalue weighted by molar-refractivity contribution is 7.91. The van der Waals surface area contributed by atoms with Gasteiger partial charge in [0, 0.05) is 17.4 Å². The molecule has 0 unspecified atom stereocenters. The topological polar surface area (TPSA) is 47.0 Å². The van der Waals surface area contributed by atoms with E-state index in [9.17, 15) is 8.42 Å². The van der Waals surface area contributed by atoms with Crippen LogP contribution in [0.5, 0.6) is 0 Å². The first kappa shape index (κ1) is 19.6. The number of halogens is 1. The summed E-state index contributed by atoms with van der Waals surface area (Å²) in [6.07, 6.45) is 4.90. The van der Waals surface area contributed by atoms with E-state index in [-0.39, 0.29) is 5.75 Å². The fourth-order valence-corrected chi connectivity index (χ4v) is 5.03. The van der Waals surface area contributed by atoms with Crippen LogP contribution < -0.4 is 0 Å². The molecule has 0 fully saturated rings. The Balaban J connectivity index is 1.72. The minimum atomic E-state index is -3.35. The fourth-order valence-electron chi connectivity index (χ4n) is 3.19. The molecule has 0 amide bonds. The first-order valence-corrected chi connectivity index (χ1v) is 10.9. The van der Waals surface area contributed by atoms with Gasteiger partial charge in [-0.25, -0.2) is 8.42 Å². The molecule has 0 atom stereocenters. The van der Waals surface area contributed by atoms with E-state index in [1.807, 2.05) is 31.3 Å². The summed E-state index contributed by atoms with van der Waals surface area (Å²) in [5, 5.41) is 0.483. The van der Waals surface area contributed by atoms with E-state index in [4.69, 9.17) is 11.6 Å². The van der Waals surface area contributed by atoms with Gasteiger partial charge in [0.05, 0.1) is 10.6 Å². The number of hydrogen-bond donors (Lipinski definition) is 0. The molecule has 0 bridgehead atoms. The maximum Gasteiger partial charge on any atom is 0.178 e. The van der Waals surface area contributed by atoms with Crippen molar-refractivity contribution in [2.24, 2.45) is 0 Å². The zero-order valence-corrected chi connectivity index (χ0v) is 17.0. The largest absolute Gasteiger partial charge is 0.264 e. The van der Waals surface area contributed by atoms with Gasteiger partial charge < -0.3 is 0 Å². The van der Waals surface area contributed by atoms with Crippen LogP contribution in [0.25, 0.3) is 11.1 Å². The van der Waals surface area contributed by atoms with Gasteiger partial charge in [-0.2, -0.15) is 0 Å². The van der Waals surface area contributed by atoms with Gasteiger partial charge in [0.1, 0.15) is 0 Å². The van der Waals surface area contributed by atoms with Crippen molar-refractivity contribution in [3.63, 3.8) is 0 Å². The van der Waals surface area contributed by atoms with E-state index in [2.05, 4.69) is 17.1 Å². The van der Waals surface area contributed by atoms with Gasteiger partial charge in [-0.3, -0.25) is 4.98 Å². The van der Waals surface area contributed by atoms with Crippen LogP contribution in [-0.2, 0) is 16.3 Å². The highest BCUT2D eigenvalue weighted by Gasteiger charge is 2.18. The highest BCUT2D eigenvalue weighted by Crippen LogP contribution is 2.26. The Bertz CT molecular complexity index is 1060. The molecule has 0 radical (unpaired) electrons. The van der Waals surface area contributed by atoms with Crippen molar-refractivity contribution >= 4 is 21.4 Å². The summed E-state index contributed by atoms with van der Waals surface area (Å²) in [7, 11) is -3.35. The Hall–Kier alpha value is -2.17. The number of aryl methyl sites for hydroxylation is 2. The zero-order chi connectivity index (χ0) is 19.4. The van der Waals surface area contributed by atoms with E-state index >= 15 is 0 Å². The van der Waals surface area contributed by atoms with Crippen LogP contribution in [0.15, 0.2) is 65.8 Å². The molecular weight excluding hydrogens is 378 g/mol. The lowest BCUT2D eigenvalue weighted by Crippen LogP contribution is -2.09. The van der Waals surface area contributed by atoms with Crippen molar-refractivity contribution in [1.82, 2.24) is 4.98 Å². The molecule has 0 aliphatic heterocycles. The summed E-state index contributed by atoms with van der Waals surface area (Å²) < 4.78 is 25.3. The molecule has 0 aliphatic rings. The number of hydrogen-bond acceptors (Lipinski definition) is 3. The van der Waals surface area contributed by atoms with Crippen molar-refractivity contribution in [1.29, 1.82) is 0 Å². The molecule has 0 saturated carbocycles. The van der Waals surface area contributed by atoms with Crippen LogP contribution in [0, 0.1) is 13.8 Å². The van der Waals surface area contributed by atoms with Crippen molar-refractivity contribution in [2.75, 3.05) is 5.75 Å². The molecule has 5 heteroatoms. The molecule has 2 aromatic carbocycles. The highest BCUT2D eigenvalue weighted by atomic mass is 35.5. The second-order valence-electron chi connectivity index (χ2n) is 6.68. The van der Waals surface area contributed by atoms with Crippen LogP contribution >= 0.6 is 11.6 Å². The third kappa shape index (κ3) is 4.57. The summed E-state index contributed by atoms with van der Waals surface area (Å²) in [6, 6.07) is 15.3. The van der Waals surface area contributed by atoms with Gasteiger partial charge in [-0.1, -0.05) is 41.9 Å². The van der Waals surface area contributed by atoms with Crippen LogP contribution in [0.4, 0.5) is 0 Å². The van der Waals surface area contributed by atoms with E-state index in [1.54, 1.807) is 31.3 Å². The molecule has 3 nitrogen and oxygen atoms in total. The van der Waals surface area contributed by atoms with E-state index in [0.29, 0.717) is 28.3 Å². The minimum Gasteiger partial charge on any atom is -0.264 e. The lowest BCUT2D eigenvalue weighted by atomic mass is 9.99. The first-order valence-electron chi connectivity index (χ1n) is 8.86. The van der Waals surface area contributed by atoms with Gasteiger partial charge in [0.2, 0.25) is 0 Å². The van der Waals surface area contributed by atoms with Crippen molar-refractivity contribution in [3.8, 4) is 11.1 Å². The number of rotatable bonds is 6. The summed E-state index contributed by atoms with van der Waals surface area (Å²) in [6.45, 7) is 3.78. The molecule has 140 valence electrons. The van der Waals surface area contributed by atoms with Crippen LogP contribution in [0.2, 0.25) is 5.02 Å². The van der Waals surface area contributed by atoms with Gasteiger partial charge in [0.15, 0.2) is 9.84 Å². The third-order valence-corrected chi connectivity index (χ3v) is 7.04. The van der Waals surface area contributed by atoms with Crippen LogP contribution in [0.3, 0.4) is 0 Å². The number of benzene rings is 2. The Labute approximate surface area is 166 Å². The summed E-state index contributed by atoms with van der Waals surface area (Å²) in [4.78, 5) is 4.47. The summed E-state index contributed by atoms with van der Waals surface area (Å²) in [5.74, 6) is 0.104. The molecular formula is C22H22ClNO2S. The van der Waals surface area contributed by atoms with Gasteiger partial charge in [-0.05, 0) is 72.7 Å². The number of aromatic nitrogens is 1. The standard InChI is InChI=1S/C22H22ClNO2S/c1-16-15-24-12-11-20(16)19-8-3-6-18(14-19)7-5-13-27(25,26)22-10-4-9-21(23)17(22)2/h3-4,6,8-12,14-15H,5,7,13H2,1-2H3. The molecule has 1 heterocycles. The number of nitrogens with zero attached hydrogens (tertiary/aromatic N) is 1. The zero-order valence-electron chi connectivity index (χ0n) is 15.4. The molecule has 3 rings (SSSR count). The van der Waals surface area contributed by atoms with E-state index in [1.165, 1.54) is 0 Å². The Morgan fingerprint density at radius 2 is 1.81 bits per heavy atom. The average molecular weight is 400 g/mol. The number of sulfone groups is 1. The lowest BCUT2D eigenvalue weighted by molar-refractivity contribution is 0.592. The molecule has 3 aromatic rings. The average Bonchev–Trinajstić information content (AvgIpc) is 2.64. The minimum absolute atomic E-state index is 0.104. The quantitative estimate of drug-likeness (QED) is 0.555. The molecule has 27 heavy (non-hydrogen) atoms.